The molecule has 2 aliphatic rings. The molecule has 2 fully saturated rings. The molecule has 0 aliphatic carbocycles. The van der Waals surface area contributed by atoms with Crippen LogP contribution < -0.4 is 10.6 Å². The Labute approximate surface area is 127 Å². The smallest absolute Gasteiger partial charge is 0.239 e. The highest BCUT2D eigenvalue weighted by atomic mass is 16.2. The van der Waals surface area contributed by atoms with Crippen molar-refractivity contribution >= 4 is 11.8 Å². The van der Waals surface area contributed by atoms with E-state index in [2.05, 4.69) is 15.5 Å². The molecule has 1 unspecified atom stereocenters. The predicted molar refractivity (Wildman–Crippen MR) is 81.9 cm³/mol. The molecule has 0 radical (unpaired) electrons. The van der Waals surface area contributed by atoms with Gasteiger partial charge in [0.2, 0.25) is 11.8 Å². The fraction of sp³-hybridized carbons (Fsp3) is 0.867. The summed E-state index contributed by atoms with van der Waals surface area (Å²) in [5.41, 5.74) is 0. The monoisotopic (exact) mass is 296 g/mol. The van der Waals surface area contributed by atoms with E-state index in [9.17, 15) is 9.59 Å². The molecule has 2 saturated heterocycles. The lowest BCUT2D eigenvalue weighted by Gasteiger charge is -2.37. The summed E-state index contributed by atoms with van der Waals surface area (Å²) in [5.74, 6) is 0.305. The first kappa shape index (κ1) is 16.2. The molecule has 2 N–H and O–H groups in total. The van der Waals surface area contributed by atoms with Gasteiger partial charge in [0, 0.05) is 32.2 Å². The van der Waals surface area contributed by atoms with Crippen molar-refractivity contribution < 1.29 is 9.59 Å². The Balaban J connectivity index is 1.72. The Morgan fingerprint density at radius 3 is 2.48 bits per heavy atom. The molecule has 0 aromatic rings. The maximum Gasteiger partial charge on any atom is 0.239 e. The Morgan fingerprint density at radius 2 is 1.90 bits per heavy atom. The van der Waals surface area contributed by atoms with Crippen molar-refractivity contribution in [1.82, 2.24) is 20.4 Å². The van der Waals surface area contributed by atoms with Crippen molar-refractivity contribution in [3.8, 4) is 0 Å². The van der Waals surface area contributed by atoms with Crippen molar-refractivity contribution in [2.75, 3.05) is 39.3 Å². The molecule has 2 heterocycles. The van der Waals surface area contributed by atoms with Crippen LogP contribution in [0.2, 0.25) is 0 Å². The van der Waals surface area contributed by atoms with Gasteiger partial charge in [0.25, 0.3) is 0 Å². The van der Waals surface area contributed by atoms with Crippen LogP contribution in [0.4, 0.5) is 0 Å². The van der Waals surface area contributed by atoms with E-state index in [4.69, 9.17) is 0 Å². The van der Waals surface area contributed by atoms with Crippen LogP contribution >= 0.6 is 0 Å². The second-order valence-corrected chi connectivity index (χ2v) is 6.33. The van der Waals surface area contributed by atoms with Gasteiger partial charge in [-0.1, -0.05) is 6.42 Å². The summed E-state index contributed by atoms with van der Waals surface area (Å²) in [6, 6.07) is 0.187. The molecule has 2 rings (SSSR count). The van der Waals surface area contributed by atoms with Gasteiger partial charge in [-0.05, 0) is 33.2 Å². The SMILES string of the molecule is CC(C)NC(=O)CN1CCN(C(=O)C2CCCCN2)CC1. The molecule has 120 valence electrons. The van der Waals surface area contributed by atoms with E-state index in [1.54, 1.807) is 0 Å². The molecule has 6 nitrogen and oxygen atoms in total. The number of carbonyl (C=O) groups excluding carboxylic acids is 2. The molecular formula is C15H28N4O2. The minimum absolute atomic E-state index is 0.00883. The third-order valence-corrected chi connectivity index (χ3v) is 4.11. The predicted octanol–water partition coefficient (Wildman–Crippen LogP) is -0.203. The molecule has 0 aromatic heterocycles. The highest BCUT2D eigenvalue weighted by Gasteiger charge is 2.28. The summed E-state index contributed by atoms with van der Waals surface area (Å²) >= 11 is 0. The zero-order valence-corrected chi connectivity index (χ0v) is 13.2. The Kier molecular flexibility index (Phi) is 5.99. The lowest BCUT2D eigenvalue weighted by molar-refractivity contribution is -0.136. The average molecular weight is 296 g/mol. The normalized spacial score (nSPS) is 24.1. The van der Waals surface area contributed by atoms with E-state index in [0.717, 1.165) is 45.6 Å². The third-order valence-electron chi connectivity index (χ3n) is 4.11. The van der Waals surface area contributed by atoms with Crippen LogP contribution in [-0.2, 0) is 9.59 Å². The topological polar surface area (TPSA) is 64.7 Å². The second kappa shape index (κ2) is 7.75. The van der Waals surface area contributed by atoms with Gasteiger partial charge >= 0.3 is 0 Å². The number of piperidine rings is 1. The van der Waals surface area contributed by atoms with Crippen LogP contribution in [0.3, 0.4) is 0 Å². The second-order valence-electron chi connectivity index (χ2n) is 6.33. The number of hydrogen-bond donors (Lipinski definition) is 2. The molecule has 0 spiro atoms. The van der Waals surface area contributed by atoms with Crippen LogP contribution in [0.15, 0.2) is 0 Å². The van der Waals surface area contributed by atoms with Gasteiger partial charge in [0.1, 0.15) is 0 Å². The average Bonchev–Trinajstić information content (AvgIpc) is 2.47. The maximum atomic E-state index is 12.4. The Bertz CT molecular complexity index is 359. The minimum Gasteiger partial charge on any atom is -0.353 e. The van der Waals surface area contributed by atoms with Gasteiger partial charge in [0.15, 0.2) is 0 Å². The lowest BCUT2D eigenvalue weighted by atomic mass is 10.0. The molecular weight excluding hydrogens is 268 g/mol. The van der Waals surface area contributed by atoms with Crippen molar-refractivity contribution in [3.63, 3.8) is 0 Å². The van der Waals surface area contributed by atoms with E-state index < -0.39 is 0 Å². The van der Waals surface area contributed by atoms with Gasteiger partial charge in [0.05, 0.1) is 12.6 Å². The first-order chi connectivity index (χ1) is 10.1. The van der Waals surface area contributed by atoms with Crippen LogP contribution in [-0.4, -0.2) is 73.0 Å². The summed E-state index contributed by atoms with van der Waals surface area (Å²) in [6.45, 7) is 8.33. The fourth-order valence-corrected chi connectivity index (χ4v) is 2.98. The van der Waals surface area contributed by atoms with Gasteiger partial charge in [-0.3, -0.25) is 14.5 Å². The number of carbonyl (C=O) groups is 2. The summed E-state index contributed by atoms with van der Waals surface area (Å²) < 4.78 is 0. The number of piperazine rings is 1. The van der Waals surface area contributed by atoms with Crippen LogP contribution in [0.1, 0.15) is 33.1 Å². The molecule has 2 amide bonds. The highest BCUT2D eigenvalue weighted by Crippen LogP contribution is 2.11. The Hall–Kier alpha value is -1.14. The number of rotatable bonds is 4. The molecule has 21 heavy (non-hydrogen) atoms. The number of nitrogens with zero attached hydrogens (tertiary/aromatic N) is 2. The lowest BCUT2D eigenvalue weighted by Crippen LogP contribution is -2.56. The minimum atomic E-state index is 0.00883. The summed E-state index contributed by atoms with van der Waals surface area (Å²) in [6.07, 6.45) is 3.26. The zero-order valence-electron chi connectivity index (χ0n) is 13.2. The zero-order chi connectivity index (χ0) is 15.2. The number of nitrogens with one attached hydrogen (secondary N) is 2. The van der Waals surface area contributed by atoms with Crippen molar-refractivity contribution in [1.29, 1.82) is 0 Å². The molecule has 6 heteroatoms. The van der Waals surface area contributed by atoms with Crippen molar-refractivity contribution in [2.24, 2.45) is 0 Å². The molecule has 2 aliphatic heterocycles. The maximum absolute atomic E-state index is 12.4. The number of amides is 2. The van der Waals surface area contributed by atoms with Gasteiger partial charge in [-0.25, -0.2) is 0 Å². The molecule has 0 saturated carbocycles. The van der Waals surface area contributed by atoms with Crippen LogP contribution in [0.5, 0.6) is 0 Å². The first-order valence-corrected chi connectivity index (χ1v) is 8.10. The Morgan fingerprint density at radius 1 is 1.19 bits per heavy atom. The van der Waals surface area contributed by atoms with Crippen molar-refractivity contribution in [2.45, 2.75) is 45.2 Å². The van der Waals surface area contributed by atoms with E-state index in [-0.39, 0.29) is 23.9 Å². The van der Waals surface area contributed by atoms with E-state index in [1.165, 1.54) is 6.42 Å². The molecule has 1 atom stereocenters. The standard InChI is InChI=1S/C15H28N4O2/c1-12(2)17-14(20)11-18-7-9-19(10-8-18)15(21)13-5-3-4-6-16-13/h12-13,16H,3-11H2,1-2H3,(H,17,20). The molecule has 0 bridgehead atoms. The third kappa shape index (κ3) is 4.97. The van der Waals surface area contributed by atoms with Gasteiger partial charge in [-0.2, -0.15) is 0 Å². The van der Waals surface area contributed by atoms with E-state index in [0.29, 0.717) is 6.54 Å². The van der Waals surface area contributed by atoms with Gasteiger partial charge < -0.3 is 15.5 Å². The van der Waals surface area contributed by atoms with Crippen LogP contribution in [0, 0.1) is 0 Å². The highest BCUT2D eigenvalue weighted by molar-refractivity contribution is 5.82. The quantitative estimate of drug-likeness (QED) is 0.754. The fourth-order valence-electron chi connectivity index (χ4n) is 2.98. The van der Waals surface area contributed by atoms with Crippen LogP contribution in [0.25, 0.3) is 0 Å². The largest absolute Gasteiger partial charge is 0.353 e. The summed E-state index contributed by atoms with van der Waals surface area (Å²) in [7, 11) is 0. The molecule has 0 aromatic carbocycles. The van der Waals surface area contributed by atoms with Gasteiger partial charge in [-0.15, -0.1) is 0 Å². The summed E-state index contributed by atoms with van der Waals surface area (Å²) in [4.78, 5) is 28.2. The van der Waals surface area contributed by atoms with Crippen molar-refractivity contribution in [3.05, 3.63) is 0 Å². The van der Waals surface area contributed by atoms with E-state index in [1.807, 2.05) is 18.7 Å². The number of hydrogen-bond acceptors (Lipinski definition) is 4. The van der Waals surface area contributed by atoms with E-state index >= 15 is 0 Å². The summed E-state index contributed by atoms with van der Waals surface area (Å²) in [5, 5.41) is 6.22. The first-order valence-electron chi connectivity index (χ1n) is 8.10.